The zero-order chi connectivity index (χ0) is 15.3. The quantitative estimate of drug-likeness (QED) is 0.629. The third-order valence-electron chi connectivity index (χ3n) is 2.77. The average molecular weight is 302 g/mol. The lowest BCUT2D eigenvalue weighted by molar-refractivity contribution is -0.129. The van der Waals surface area contributed by atoms with Gasteiger partial charge in [0.25, 0.3) is 0 Å². The number of benzene rings is 2. The van der Waals surface area contributed by atoms with Crippen molar-refractivity contribution in [2.45, 2.75) is 11.3 Å². The summed E-state index contributed by atoms with van der Waals surface area (Å²) in [6, 6.07) is 16.7. The highest BCUT2D eigenvalue weighted by Gasteiger charge is 2.21. The molecule has 0 N–H and O–H groups in total. The molecule has 2 aromatic carbocycles. The molecule has 0 saturated heterocycles. The number of carbonyl (C=O) groups excluding carboxylic acids is 1. The molecule has 0 radical (unpaired) electrons. The molecule has 0 fully saturated rings. The van der Waals surface area contributed by atoms with E-state index in [-0.39, 0.29) is 16.9 Å². The second-order valence-electron chi connectivity index (χ2n) is 4.40. The molecule has 0 aliphatic rings. The van der Waals surface area contributed by atoms with Crippen LogP contribution in [-0.4, -0.2) is 14.4 Å². The average Bonchev–Trinajstić information content (AvgIpc) is 2.48. The van der Waals surface area contributed by atoms with E-state index < -0.39 is 16.1 Å². The number of hydrogen-bond donors (Lipinski definition) is 0. The summed E-state index contributed by atoms with van der Waals surface area (Å²) in [5.74, 6) is -0.942. The van der Waals surface area contributed by atoms with Crippen molar-refractivity contribution in [3.05, 3.63) is 78.4 Å². The number of carbonyl (C=O) groups is 1. The highest BCUT2D eigenvalue weighted by atomic mass is 32.2. The fraction of sp³-hybridized carbons (Fsp3) is 0.0625. The third-order valence-corrected chi connectivity index (χ3v) is 3.99. The molecule has 21 heavy (non-hydrogen) atoms. The fourth-order valence-corrected chi connectivity index (χ4v) is 2.61. The van der Waals surface area contributed by atoms with Gasteiger partial charge in [-0.05, 0) is 17.7 Å². The molecule has 0 aliphatic heterocycles. The molecule has 5 heteroatoms. The van der Waals surface area contributed by atoms with Gasteiger partial charge in [-0.3, -0.25) is 0 Å². The summed E-state index contributed by atoms with van der Waals surface area (Å²) in [5.41, 5.74) is 0.942. The van der Waals surface area contributed by atoms with Crippen molar-refractivity contribution in [1.82, 2.24) is 0 Å². The lowest BCUT2D eigenvalue weighted by atomic mass is 10.1. The minimum absolute atomic E-state index is 0.0640. The second kappa shape index (κ2) is 6.37. The van der Waals surface area contributed by atoms with Gasteiger partial charge in [0.15, 0.2) is 0 Å². The lowest BCUT2D eigenvalue weighted by Gasteiger charge is -2.07. The molecular formula is C16H14O4S. The molecule has 0 bridgehead atoms. The first-order valence-corrected chi connectivity index (χ1v) is 7.65. The first-order valence-electron chi connectivity index (χ1n) is 6.24. The monoisotopic (exact) mass is 302 g/mol. The maximum atomic E-state index is 11.9. The SMILES string of the molecule is C=C(Cc1ccccc1)C(=O)OS(=O)(=O)c1ccccc1. The molecule has 0 unspecified atom stereocenters. The summed E-state index contributed by atoms with van der Waals surface area (Å²) in [7, 11) is -4.11. The van der Waals surface area contributed by atoms with Crippen molar-refractivity contribution >= 4 is 16.1 Å². The highest BCUT2D eigenvalue weighted by Crippen LogP contribution is 2.15. The van der Waals surface area contributed by atoms with Crippen LogP contribution in [0.15, 0.2) is 77.7 Å². The Bertz CT molecular complexity index is 734. The summed E-state index contributed by atoms with van der Waals surface area (Å²) in [4.78, 5) is 11.8. The van der Waals surface area contributed by atoms with Gasteiger partial charge in [-0.2, -0.15) is 8.42 Å². The van der Waals surface area contributed by atoms with Crippen molar-refractivity contribution in [3.63, 3.8) is 0 Å². The molecule has 0 aliphatic carbocycles. The Morgan fingerprint density at radius 3 is 2.05 bits per heavy atom. The maximum Gasteiger partial charge on any atom is 0.349 e. The van der Waals surface area contributed by atoms with Gasteiger partial charge in [0.2, 0.25) is 0 Å². The van der Waals surface area contributed by atoms with Gasteiger partial charge in [-0.1, -0.05) is 55.1 Å². The van der Waals surface area contributed by atoms with Crippen molar-refractivity contribution in [3.8, 4) is 0 Å². The standard InChI is InChI=1S/C16H14O4S/c1-13(12-14-8-4-2-5-9-14)16(17)20-21(18,19)15-10-6-3-7-11-15/h2-11H,1,12H2. The summed E-state index contributed by atoms with van der Waals surface area (Å²) >= 11 is 0. The molecular weight excluding hydrogens is 288 g/mol. The Hall–Kier alpha value is -2.40. The maximum absolute atomic E-state index is 11.9. The summed E-state index contributed by atoms with van der Waals surface area (Å²) in [6.45, 7) is 3.59. The second-order valence-corrected chi connectivity index (χ2v) is 5.95. The van der Waals surface area contributed by atoms with Gasteiger partial charge in [-0.15, -0.1) is 0 Å². The lowest BCUT2D eigenvalue weighted by Crippen LogP contribution is -2.15. The van der Waals surface area contributed by atoms with Gasteiger partial charge in [0.05, 0.1) is 0 Å². The van der Waals surface area contributed by atoms with Gasteiger partial charge in [0, 0.05) is 12.0 Å². The highest BCUT2D eigenvalue weighted by molar-refractivity contribution is 7.87. The molecule has 108 valence electrons. The van der Waals surface area contributed by atoms with Crippen LogP contribution >= 0.6 is 0 Å². The number of hydrogen-bond acceptors (Lipinski definition) is 4. The van der Waals surface area contributed by atoms with Gasteiger partial charge in [-0.25, -0.2) is 4.79 Å². The third kappa shape index (κ3) is 4.03. The van der Waals surface area contributed by atoms with E-state index in [1.807, 2.05) is 30.3 Å². The van der Waals surface area contributed by atoms with Crippen LogP contribution in [0.1, 0.15) is 5.56 Å². The Balaban J connectivity index is 2.06. The summed E-state index contributed by atoms with van der Waals surface area (Å²) in [5, 5.41) is 0. The van der Waals surface area contributed by atoms with E-state index >= 15 is 0 Å². The fourth-order valence-electron chi connectivity index (χ4n) is 1.71. The van der Waals surface area contributed by atoms with Crippen molar-refractivity contribution in [2.24, 2.45) is 0 Å². The van der Waals surface area contributed by atoms with Crippen LogP contribution in [-0.2, 0) is 25.5 Å². The van der Waals surface area contributed by atoms with Crippen LogP contribution in [0.3, 0.4) is 0 Å². The molecule has 2 rings (SSSR count). The smallest absolute Gasteiger partial charge is 0.338 e. The molecule has 0 saturated carbocycles. The van der Waals surface area contributed by atoms with E-state index in [4.69, 9.17) is 0 Å². The van der Waals surface area contributed by atoms with Crippen molar-refractivity contribution in [1.29, 1.82) is 0 Å². The minimum atomic E-state index is -4.11. The summed E-state index contributed by atoms with van der Waals surface area (Å²) < 4.78 is 28.4. The normalized spacial score (nSPS) is 10.9. The summed E-state index contributed by atoms with van der Waals surface area (Å²) in [6.07, 6.45) is 0.240. The first kappa shape index (κ1) is 15.0. The van der Waals surface area contributed by atoms with Crippen LogP contribution in [0.25, 0.3) is 0 Å². The predicted octanol–water partition coefficient (Wildman–Crippen LogP) is 2.72. The first-order chi connectivity index (χ1) is 9.99. The van der Waals surface area contributed by atoms with E-state index in [0.717, 1.165) is 5.56 Å². The largest absolute Gasteiger partial charge is 0.349 e. The molecule has 0 amide bonds. The molecule has 0 aromatic heterocycles. The number of rotatable bonds is 5. The Morgan fingerprint density at radius 1 is 0.952 bits per heavy atom. The zero-order valence-electron chi connectivity index (χ0n) is 11.2. The van der Waals surface area contributed by atoms with Crippen molar-refractivity contribution < 1.29 is 17.4 Å². The topological polar surface area (TPSA) is 60.4 Å². The van der Waals surface area contributed by atoms with E-state index in [2.05, 4.69) is 10.8 Å². The predicted molar refractivity (Wildman–Crippen MR) is 79.0 cm³/mol. The van der Waals surface area contributed by atoms with Crippen molar-refractivity contribution in [2.75, 3.05) is 0 Å². The van der Waals surface area contributed by atoms with Crippen LogP contribution in [0.4, 0.5) is 0 Å². The van der Waals surface area contributed by atoms with Crippen LogP contribution in [0.2, 0.25) is 0 Å². The molecule has 0 spiro atoms. The van der Waals surface area contributed by atoms with E-state index in [1.54, 1.807) is 18.2 Å². The van der Waals surface area contributed by atoms with Gasteiger partial charge >= 0.3 is 16.1 Å². The molecule has 0 heterocycles. The van der Waals surface area contributed by atoms with E-state index in [0.29, 0.717) is 0 Å². The Kier molecular flexibility index (Phi) is 4.55. The minimum Gasteiger partial charge on any atom is -0.338 e. The Labute approximate surface area is 123 Å². The molecule has 0 atom stereocenters. The van der Waals surface area contributed by atoms with Crippen LogP contribution in [0, 0.1) is 0 Å². The molecule has 2 aromatic rings. The van der Waals surface area contributed by atoms with Crippen LogP contribution < -0.4 is 0 Å². The van der Waals surface area contributed by atoms with Crippen LogP contribution in [0.5, 0.6) is 0 Å². The molecule has 4 nitrogen and oxygen atoms in total. The van der Waals surface area contributed by atoms with E-state index in [1.165, 1.54) is 12.1 Å². The van der Waals surface area contributed by atoms with E-state index in [9.17, 15) is 13.2 Å². The zero-order valence-corrected chi connectivity index (χ0v) is 12.0. The van der Waals surface area contributed by atoms with Gasteiger partial charge < -0.3 is 4.18 Å². The Morgan fingerprint density at radius 2 is 1.48 bits per heavy atom. The van der Waals surface area contributed by atoms with Gasteiger partial charge in [0.1, 0.15) is 4.90 Å².